The van der Waals surface area contributed by atoms with Gasteiger partial charge in [-0.1, -0.05) is 12.1 Å². The highest BCUT2D eigenvalue weighted by Crippen LogP contribution is 2.24. The molecule has 0 aliphatic heterocycles. The lowest BCUT2D eigenvalue weighted by molar-refractivity contribution is -0.742. The maximum atomic E-state index is 11.1. The Balaban J connectivity index is 0.000000765. The summed E-state index contributed by atoms with van der Waals surface area (Å²) in [4.78, 5) is 22.8. The van der Waals surface area contributed by atoms with Crippen LogP contribution in [0, 0.1) is 20.2 Å². The predicted octanol–water partition coefficient (Wildman–Crippen LogP) is 1.31. The molecular weight excluding hydrogens is 346 g/mol. The number of para-hydroxylation sites is 2. The Morgan fingerprint density at radius 3 is 2.46 bits per heavy atom. The third kappa shape index (κ3) is 6.11. The molecule has 0 unspecified atom stereocenters. The number of aromatic nitrogens is 1. The van der Waals surface area contributed by atoms with Crippen LogP contribution in [0.5, 0.6) is 0 Å². The monoisotopic (exact) mass is 361 g/mol. The smallest absolute Gasteiger partial charge is 0.293 e. The summed E-state index contributed by atoms with van der Waals surface area (Å²) in [6, 6.07) is 10.1. The van der Waals surface area contributed by atoms with Crippen LogP contribution in [0.1, 0.15) is 5.69 Å². The zero-order valence-corrected chi connectivity index (χ0v) is 13.2. The van der Waals surface area contributed by atoms with Gasteiger partial charge in [-0.3, -0.25) is 10.1 Å². The lowest BCUT2D eigenvalue weighted by Gasteiger charge is -2.06. The molecule has 0 fully saturated rings. The molecule has 12 heteroatoms. The van der Waals surface area contributed by atoms with E-state index >= 15 is 0 Å². The second kappa shape index (κ2) is 9.82. The van der Waals surface area contributed by atoms with Crippen LogP contribution in [0.3, 0.4) is 0 Å². The van der Waals surface area contributed by atoms with Crippen molar-refractivity contribution in [3.8, 4) is 5.69 Å². The molecule has 0 radical (unpaired) electrons. The third-order valence-corrected chi connectivity index (χ3v) is 2.81. The Morgan fingerprint density at radius 2 is 1.85 bits per heavy atom. The van der Waals surface area contributed by atoms with Crippen molar-refractivity contribution in [2.24, 2.45) is 21.7 Å². The number of nitrogens with two attached hydrogens (primary N) is 2. The maximum absolute atomic E-state index is 11.1. The first-order valence-corrected chi connectivity index (χ1v) is 6.85. The van der Waals surface area contributed by atoms with Gasteiger partial charge < -0.3 is 21.4 Å². The second-order valence-electron chi connectivity index (χ2n) is 4.41. The lowest BCUT2D eigenvalue weighted by Crippen LogP contribution is -2.10. The Kier molecular flexibility index (Phi) is 7.48. The van der Waals surface area contributed by atoms with E-state index in [1.165, 1.54) is 12.3 Å². The average molecular weight is 361 g/mol. The van der Waals surface area contributed by atoms with E-state index in [2.05, 4.69) is 10.1 Å². The van der Waals surface area contributed by atoms with Gasteiger partial charge in [0.05, 0.1) is 4.92 Å². The van der Waals surface area contributed by atoms with Crippen molar-refractivity contribution < 1.29 is 15.2 Å². The molecule has 2 rings (SSSR count). The number of nitro benzene ring substituents is 1. The minimum atomic E-state index is -1.50. The zero-order valence-electron chi connectivity index (χ0n) is 13.2. The van der Waals surface area contributed by atoms with Crippen molar-refractivity contribution in [1.82, 2.24) is 4.57 Å². The van der Waals surface area contributed by atoms with Gasteiger partial charge in [-0.2, -0.15) is 0 Å². The molecule has 0 bridgehead atoms. The third-order valence-electron chi connectivity index (χ3n) is 2.81. The van der Waals surface area contributed by atoms with E-state index in [9.17, 15) is 10.1 Å². The van der Waals surface area contributed by atoms with Crippen LogP contribution in [-0.4, -0.2) is 32.0 Å². The molecule has 0 amide bonds. The Morgan fingerprint density at radius 1 is 1.19 bits per heavy atom. The Hall–Kier alpha value is -4.22. The summed E-state index contributed by atoms with van der Waals surface area (Å²) in [5, 5.41) is 28.0. The highest BCUT2D eigenvalue weighted by Gasteiger charge is 2.14. The number of rotatable bonds is 4. The predicted molar refractivity (Wildman–Crippen MR) is 94.5 cm³/mol. The van der Waals surface area contributed by atoms with Gasteiger partial charge in [0.1, 0.15) is 5.69 Å². The van der Waals surface area contributed by atoms with Crippen LogP contribution in [0.15, 0.2) is 58.8 Å². The molecular formula is C14H15N7O5. The normalized spacial score (nSPS) is 11.3. The van der Waals surface area contributed by atoms with Gasteiger partial charge in [-0.05, 0) is 30.4 Å². The molecule has 1 aromatic heterocycles. The van der Waals surface area contributed by atoms with Crippen molar-refractivity contribution in [2.75, 3.05) is 0 Å². The second-order valence-corrected chi connectivity index (χ2v) is 4.41. The SMILES string of the molecule is NN=C(N)N=CC=Cc1cccn1-c1ccccc1[N+](=O)[O-].O=[N+]([O-])O. The molecule has 1 heterocycles. The van der Waals surface area contributed by atoms with E-state index in [1.807, 2.05) is 6.07 Å². The van der Waals surface area contributed by atoms with Gasteiger partial charge in [0.2, 0.25) is 5.96 Å². The summed E-state index contributed by atoms with van der Waals surface area (Å²) >= 11 is 0. The number of nitrogens with zero attached hydrogens (tertiary/aromatic N) is 5. The number of allylic oxidation sites excluding steroid dienone is 1. The molecule has 0 atom stereocenters. The first kappa shape index (κ1) is 19.8. The summed E-state index contributed by atoms with van der Waals surface area (Å²) in [6.07, 6.45) is 6.56. The van der Waals surface area contributed by atoms with Crippen LogP contribution in [0.25, 0.3) is 11.8 Å². The molecule has 5 N–H and O–H groups in total. The maximum Gasteiger partial charge on any atom is 0.293 e. The fraction of sp³-hybridized carbons (Fsp3) is 0. The van der Waals surface area contributed by atoms with Crippen LogP contribution >= 0.6 is 0 Å². The van der Waals surface area contributed by atoms with Crippen LogP contribution < -0.4 is 11.6 Å². The number of nitro groups is 1. The quantitative estimate of drug-likeness (QED) is 0.240. The molecule has 0 spiro atoms. The van der Waals surface area contributed by atoms with E-state index in [-0.39, 0.29) is 11.6 Å². The minimum Gasteiger partial charge on any atom is -0.367 e. The molecule has 0 saturated heterocycles. The number of aliphatic imine (C=N–C) groups is 1. The van der Waals surface area contributed by atoms with Crippen molar-refractivity contribution in [1.29, 1.82) is 0 Å². The first-order chi connectivity index (χ1) is 12.4. The Bertz CT molecular complexity index is 853. The van der Waals surface area contributed by atoms with E-state index in [0.717, 1.165) is 5.69 Å². The van der Waals surface area contributed by atoms with Crippen molar-refractivity contribution >= 4 is 23.9 Å². The highest BCUT2D eigenvalue weighted by atomic mass is 16.9. The fourth-order valence-corrected chi connectivity index (χ4v) is 1.87. The molecule has 0 aliphatic rings. The summed E-state index contributed by atoms with van der Waals surface area (Å²) in [6.45, 7) is 0. The molecule has 136 valence electrons. The molecule has 0 saturated carbocycles. The van der Waals surface area contributed by atoms with Gasteiger partial charge >= 0.3 is 0 Å². The van der Waals surface area contributed by atoms with Crippen molar-refractivity contribution in [3.05, 3.63) is 74.6 Å². The topological polar surface area (TPSA) is 188 Å². The average Bonchev–Trinajstić information content (AvgIpc) is 3.06. The number of hydrazone groups is 1. The molecule has 12 nitrogen and oxygen atoms in total. The van der Waals surface area contributed by atoms with Gasteiger partial charge in [0, 0.05) is 24.2 Å². The lowest BCUT2D eigenvalue weighted by atomic mass is 10.2. The van der Waals surface area contributed by atoms with Gasteiger partial charge in [-0.15, -0.1) is 15.2 Å². The standard InChI is InChI=1S/C14H14N6O2.HNO3/c15-14(18-16)17-9-3-5-11-6-4-10-19(11)12-7-1-2-8-13(12)20(21)22;2-1(3)4/h1-10H,16H2,(H2,15,18);(H,2,3,4). The number of hydrogen-bond donors (Lipinski definition) is 3. The van der Waals surface area contributed by atoms with E-state index in [4.69, 9.17) is 26.9 Å². The van der Waals surface area contributed by atoms with Crippen LogP contribution in [0.4, 0.5) is 5.69 Å². The van der Waals surface area contributed by atoms with E-state index < -0.39 is 10.0 Å². The minimum absolute atomic E-state index is 0.0292. The van der Waals surface area contributed by atoms with Gasteiger partial charge in [-0.25, -0.2) is 4.99 Å². The summed E-state index contributed by atoms with van der Waals surface area (Å²) in [5.74, 6) is 4.91. The van der Waals surface area contributed by atoms with Gasteiger partial charge in [0.25, 0.3) is 10.8 Å². The molecule has 1 aromatic carbocycles. The number of hydrogen-bond acceptors (Lipinski definition) is 6. The highest BCUT2D eigenvalue weighted by molar-refractivity contribution is 5.91. The number of benzene rings is 1. The Labute approximate surface area is 146 Å². The molecule has 0 aliphatic carbocycles. The van der Waals surface area contributed by atoms with E-state index in [0.29, 0.717) is 5.69 Å². The van der Waals surface area contributed by atoms with Crippen molar-refractivity contribution in [2.45, 2.75) is 0 Å². The van der Waals surface area contributed by atoms with Crippen molar-refractivity contribution in [3.63, 3.8) is 0 Å². The first-order valence-electron chi connectivity index (χ1n) is 6.85. The summed E-state index contributed by atoms with van der Waals surface area (Å²) < 4.78 is 1.71. The van der Waals surface area contributed by atoms with Crippen LogP contribution in [0.2, 0.25) is 0 Å². The summed E-state index contributed by atoms with van der Waals surface area (Å²) in [5.41, 5.74) is 6.59. The molecule has 26 heavy (non-hydrogen) atoms. The zero-order chi connectivity index (χ0) is 19.5. The summed E-state index contributed by atoms with van der Waals surface area (Å²) in [7, 11) is 0. The van der Waals surface area contributed by atoms with Gasteiger partial charge in [0.15, 0.2) is 0 Å². The molecule has 2 aromatic rings. The van der Waals surface area contributed by atoms with E-state index in [1.54, 1.807) is 47.2 Å². The van der Waals surface area contributed by atoms with Crippen LogP contribution in [-0.2, 0) is 0 Å². The fourth-order valence-electron chi connectivity index (χ4n) is 1.87. The largest absolute Gasteiger partial charge is 0.367 e. The number of guanidine groups is 1.